The van der Waals surface area contributed by atoms with Crippen LogP contribution in [0.25, 0.3) is 0 Å². The smallest absolute Gasteiger partial charge is 0.266 e. The predicted molar refractivity (Wildman–Crippen MR) is 82.8 cm³/mol. The summed E-state index contributed by atoms with van der Waals surface area (Å²) in [6, 6.07) is 1.68. The van der Waals surface area contributed by atoms with Crippen molar-refractivity contribution in [3.8, 4) is 0 Å². The van der Waals surface area contributed by atoms with Gasteiger partial charge in [0.2, 0.25) is 5.13 Å². The van der Waals surface area contributed by atoms with E-state index in [4.69, 9.17) is 0 Å². The number of aromatic nitrogens is 4. The summed E-state index contributed by atoms with van der Waals surface area (Å²) in [6.07, 6.45) is 0.827. The van der Waals surface area contributed by atoms with Crippen molar-refractivity contribution in [2.45, 2.75) is 39.2 Å². The molecule has 0 N–H and O–H groups in total. The number of aryl methyl sites for hydroxylation is 1. The Balaban J connectivity index is 1.88. The van der Waals surface area contributed by atoms with Gasteiger partial charge in [-0.25, -0.2) is 9.67 Å². The highest BCUT2D eigenvalue weighted by atomic mass is 32.1. The minimum atomic E-state index is -0.0664. The second-order valence-electron chi connectivity index (χ2n) is 6.40. The molecule has 0 fully saturated rings. The lowest BCUT2D eigenvalue weighted by Crippen LogP contribution is -2.34. The maximum Gasteiger partial charge on any atom is 0.266 e. The Morgan fingerprint density at radius 1 is 1.33 bits per heavy atom. The number of rotatable bonds is 1. The van der Waals surface area contributed by atoms with Gasteiger partial charge < -0.3 is 4.90 Å². The highest BCUT2D eigenvalue weighted by Gasteiger charge is 2.24. The lowest BCUT2D eigenvalue weighted by Gasteiger charge is -2.27. The minimum Gasteiger partial charge on any atom is -0.342 e. The third kappa shape index (κ3) is 2.70. The monoisotopic (exact) mass is 305 g/mol. The molecule has 0 aromatic carbocycles. The minimum absolute atomic E-state index is 0.0417. The van der Waals surface area contributed by atoms with Gasteiger partial charge >= 0.3 is 0 Å². The van der Waals surface area contributed by atoms with Crippen LogP contribution in [0.5, 0.6) is 0 Å². The van der Waals surface area contributed by atoms with E-state index in [1.165, 1.54) is 16.2 Å². The van der Waals surface area contributed by atoms with Crippen molar-refractivity contribution in [3.05, 3.63) is 33.5 Å². The van der Waals surface area contributed by atoms with E-state index in [-0.39, 0.29) is 11.0 Å². The molecule has 3 rings (SSSR count). The van der Waals surface area contributed by atoms with Gasteiger partial charge in [-0.3, -0.25) is 4.79 Å². The van der Waals surface area contributed by atoms with Crippen LogP contribution in [0.15, 0.2) is 10.9 Å². The Kier molecular flexibility index (Phi) is 3.32. The quantitative estimate of drug-likeness (QED) is 0.799. The first kappa shape index (κ1) is 14.2. The molecule has 2 aromatic heterocycles. The zero-order valence-electron chi connectivity index (χ0n) is 12.8. The average molecular weight is 305 g/mol. The summed E-state index contributed by atoms with van der Waals surface area (Å²) in [5.74, 6) is 0.871. The molecule has 0 aliphatic carbocycles. The Hall–Kier alpha value is -1.76. The molecule has 0 amide bonds. The normalized spacial score (nSPS) is 15.1. The van der Waals surface area contributed by atoms with Gasteiger partial charge in [-0.15, -0.1) is 0 Å². The maximum absolute atomic E-state index is 11.7. The second-order valence-corrected chi connectivity index (χ2v) is 7.13. The van der Waals surface area contributed by atoms with Crippen molar-refractivity contribution in [1.82, 2.24) is 19.1 Å². The Bertz CT molecular complexity index is 728. The number of hydrogen-bond acceptors (Lipinski definition) is 6. The lowest BCUT2D eigenvalue weighted by molar-refractivity contribution is 0.553. The van der Waals surface area contributed by atoms with Crippen LogP contribution in [0.1, 0.15) is 37.9 Å². The Labute approximate surface area is 127 Å². The summed E-state index contributed by atoms with van der Waals surface area (Å²) in [5, 5.41) is 5.25. The second kappa shape index (κ2) is 4.91. The van der Waals surface area contributed by atoms with Gasteiger partial charge in [-0.05, 0) is 0 Å². The van der Waals surface area contributed by atoms with E-state index in [9.17, 15) is 4.79 Å². The van der Waals surface area contributed by atoms with Crippen LogP contribution < -0.4 is 10.5 Å². The summed E-state index contributed by atoms with van der Waals surface area (Å²) < 4.78 is 5.86. The summed E-state index contributed by atoms with van der Waals surface area (Å²) in [5.41, 5.74) is 1.90. The van der Waals surface area contributed by atoms with Gasteiger partial charge in [-0.1, -0.05) is 20.8 Å². The van der Waals surface area contributed by atoms with Crippen molar-refractivity contribution in [2.24, 2.45) is 7.05 Å². The van der Waals surface area contributed by atoms with Gasteiger partial charge in [0.05, 0.1) is 5.69 Å². The Morgan fingerprint density at radius 2 is 2.10 bits per heavy atom. The average Bonchev–Trinajstić information content (AvgIpc) is 2.89. The maximum atomic E-state index is 11.7. The van der Waals surface area contributed by atoms with Gasteiger partial charge in [0, 0.05) is 55.1 Å². The highest BCUT2D eigenvalue weighted by Crippen LogP contribution is 2.28. The zero-order chi connectivity index (χ0) is 15.2. The molecule has 3 heterocycles. The van der Waals surface area contributed by atoms with E-state index in [1.807, 2.05) is 0 Å². The number of fused-ring (bicyclic) bond motifs is 1. The molecular formula is C14H19N5OS. The first-order valence-corrected chi connectivity index (χ1v) is 7.77. The van der Waals surface area contributed by atoms with E-state index >= 15 is 0 Å². The van der Waals surface area contributed by atoms with E-state index in [2.05, 4.69) is 40.1 Å². The molecule has 0 atom stereocenters. The highest BCUT2D eigenvalue weighted by molar-refractivity contribution is 7.09. The fourth-order valence-corrected chi connectivity index (χ4v) is 3.19. The van der Waals surface area contributed by atoms with Crippen LogP contribution in [0.2, 0.25) is 0 Å². The largest absolute Gasteiger partial charge is 0.342 e. The molecule has 1 aliphatic rings. The topological polar surface area (TPSA) is 63.9 Å². The summed E-state index contributed by atoms with van der Waals surface area (Å²) in [4.78, 5) is 18.6. The fourth-order valence-electron chi connectivity index (χ4n) is 2.31. The van der Waals surface area contributed by atoms with Crippen molar-refractivity contribution < 1.29 is 0 Å². The number of nitrogens with zero attached hydrogens (tertiary/aromatic N) is 5. The van der Waals surface area contributed by atoms with Gasteiger partial charge in [0.25, 0.3) is 5.56 Å². The third-order valence-electron chi connectivity index (χ3n) is 3.59. The molecule has 0 bridgehead atoms. The van der Waals surface area contributed by atoms with Crippen LogP contribution in [0.4, 0.5) is 5.13 Å². The van der Waals surface area contributed by atoms with Gasteiger partial charge in [-0.2, -0.15) is 9.47 Å². The molecule has 2 aromatic rings. The third-order valence-corrected chi connectivity index (χ3v) is 4.37. The van der Waals surface area contributed by atoms with Gasteiger partial charge in [0.1, 0.15) is 5.82 Å². The predicted octanol–water partition coefficient (Wildman–Crippen LogP) is 1.49. The van der Waals surface area contributed by atoms with Crippen LogP contribution in [0.3, 0.4) is 0 Å². The summed E-state index contributed by atoms with van der Waals surface area (Å²) in [7, 11) is 1.69. The summed E-state index contributed by atoms with van der Waals surface area (Å²) in [6.45, 7) is 7.86. The van der Waals surface area contributed by atoms with Crippen LogP contribution in [-0.4, -0.2) is 25.7 Å². The molecule has 7 heteroatoms. The molecule has 0 saturated carbocycles. The lowest BCUT2D eigenvalue weighted by atomic mass is 9.96. The molecule has 0 radical (unpaired) electrons. The molecule has 0 saturated heterocycles. The van der Waals surface area contributed by atoms with Crippen LogP contribution in [0, 0.1) is 0 Å². The van der Waals surface area contributed by atoms with Gasteiger partial charge in [0.15, 0.2) is 0 Å². The standard InChI is InChI=1S/C14H19N5OS/c1-14(2,3)12-15-13(21-17-12)19-6-5-10-9(8-19)7-11(20)18(4)16-10/h7H,5-6,8H2,1-4H3. The molecule has 0 spiro atoms. The van der Waals surface area contributed by atoms with Crippen molar-refractivity contribution >= 4 is 16.7 Å². The molecule has 6 nitrogen and oxygen atoms in total. The Morgan fingerprint density at radius 3 is 2.76 bits per heavy atom. The van der Waals surface area contributed by atoms with Crippen molar-refractivity contribution in [2.75, 3.05) is 11.4 Å². The first-order valence-electron chi connectivity index (χ1n) is 7.00. The SMILES string of the molecule is Cn1nc2c(cc1=O)CN(c1nc(C(C)(C)C)ns1)CC2. The van der Waals surface area contributed by atoms with Crippen LogP contribution >= 0.6 is 11.5 Å². The number of anilines is 1. The molecule has 21 heavy (non-hydrogen) atoms. The molecular weight excluding hydrogens is 286 g/mol. The van der Waals surface area contributed by atoms with E-state index in [0.29, 0.717) is 6.54 Å². The van der Waals surface area contributed by atoms with E-state index in [0.717, 1.165) is 35.2 Å². The number of hydrogen-bond donors (Lipinski definition) is 0. The first-order chi connectivity index (χ1) is 9.84. The van der Waals surface area contributed by atoms with E-state index < -0.39 is 0 Å². The van der Waals surface area contributed by atoms with Crippen LogP contribution in [-0.2, 0) is 25.4 Å². The molecule has 0 unspecified atom stereocenters. The van der Waals surface area contributed by atoms with Crippen molar-refractivity contribution in [3.63, 3.8) is 0 Å². The molecule has 112 valence electrons. The fraction of sp³-hybridized carbons (Fsp3) is 0.571. The summed E-state index contributed by atoms with van der Waals surface area (Å²) >= 11 is 1.43. The molecule has 1 aliphatic heterocycles. The van der Waals surface area contributed by atoms with Crippen molar-refractivity contribution in [1.29, 1.82) is 0 Å². The zero-order valence-corrected chi connectivity index (χ0v) is 13.6. The van der Waals surface area contributed by atoms with E-state index in [1.54, 1.807) is 13.1 Å².